The number of rotatable bonds is 18. The monoisotopic (exact) mass is 408 g/mol. The quantitative estimate of drug-likeness (QED) is 0.176. The van der Waals surface area contributed by atoms with Gasteiger partial charge < -0.3 is 14.2 Å². The molecular formula is C19H37BrO4. The van der Waals surface area contributed by atoms with Gasteiger partial charge in [-0.1, -0.05) is 60.9 Å². The number of alkyl halides is 1. The molecule has 0 spiro atoms. The number of unbranched alkanes of at least 4 members (excludes halogenated alkanes) is 8. The summed E-state index contributed by atoms with van der Waals surface area (Å²) in [6.07, 6.45) is 11.4. The van der Waals surface area contributed by atoms with Gasteiger partial charge in [0.25, 0.3) is 0 Å². The Kier molecular flexibility index (Phi) is 19.1. The smallest absolute Gasteiger partial charge is 0.306 e. The van der Waals surface area contributed by atoms with Crippen LogP contribution in [0.2, 0.25) is 0 Å². The van der Waals surface area contributed by atoms with Crippen molar-refractivity contribution in [2.45, 2.75) is 84.2 Å². The zero-order valence-electron chi connectivity index (χ0n) is 15.7. The van der Waals surface area contributed by atoms with Crippen LogP contribution >= 0.6 is 15.9 Å². The van der Waals surface area contributed by atoms with Crippen molar-refractivity contribution in [3.8, 4) is 0 Å². The molecule has 0 fully saturated rings. The zero-order valence-corrected chi connectivity index (χ0v) is 17.3. The van der Waals surface area contributed by atoms with E-state index >= 15 is 0 Å². The minimum atomic E-state index is -0.281. The molecule has 0 heterocycles. The summed E-state index contributed by atoms with van der Waals surface area (Å²) >= 11 is 3.46. The maximum Gasteiger partial charge on any atom is 0.306 e. The van der Waals surface area contributed by atoms with Gasteiger partial charge in [0.15, 0.2) is 0 Å². The van der Waals surface area contributed by atoms with Crippen molar-refractivity contribution in [3.63, 3.8) is 0 Å². The Morgan fingerprint density at radius 1 is 0.792 bits per heavy atom. The highest BCUT2D eigenvalue weighted by atomic mass is 79.9. The largest absolute Gasteiger partial charge is 0.457 e. The van der Waals surface area contributed by atoms with Crippen molar-refractivity contribution < 1.29 is 19.0 Å². The zero-order chi connectivity index (χ0) is 17.9. The minimum Gasteiger partial charge on any atom is -0.457 e. The van der Waals surface area contributed by atoms with E-state index in [-0.39, 0.29) is 12.1 Å². The van der Waals surface area contributed by atoms with Crippen LogP contribution in [0.15, 0.2) is 0 Å². The van der Waals surface area contributed by atoms with Crippen molar-refractivity contribution in [2.75, 3.05) is 31.8 Å². The molecular weight excluding hydrogens is 372 g/mol. The SMILES string of the molecule is CCOCC(COCC)OC(=O)CCCCCCCCCCCBr. The normalized spacial score (nSPS) is 11.2. The van der Waals surface area contributed by atoms with Gasteiger partial charge in [-0.15, -0.1) is 0 Å². The molecule has 0 rings (SSSR count). The first-order chi connectivity index (χ1) is 11.7. The highest BCUT2D eigenvalue weighted by Gasteiger charge is 2.14. The Balaban J connectivity index is 3.54. The molecule has 5 heteroatoms. The molecule has 0 bridgehead atoms. The molecule has 4 nitrogen and oxygen atoms in total. The average Bonchev–Trinajstić information content (AvgIpc) is 2.59. The number of halogens is 1. The Bertz CT molecular complexity index is 266. The van der Waals surface area contributed by atoms with Gasteiger partial charge in [-0.25, -0.2) is 0 Å². The second-order valence-electron chi connectivity index (χ2n) is 6.05. The van der Waals surface area contributed by atoms with Crippen LogP contribution in [0.4, 0.5) is 0 Å². The predicted molar refractivity (Wildman–Crippen MR) is 103 cm³/mol. The van der Waals surface area contributed by atoms with Crippen molar-refractivity contribution in [1.29, 1.82) is 0 Å². The van der Waals surface area contributed by atoms with Crippen LogP contribution in [-0.2, 0) is 19.0 Å². The summed E-state index contributed by atoms with van der Waals surface area (Å²) in [4.78, 5) is 11.9. The van der Waals surface area contributed by atoms with Gasteiger partial charge in [-0.05, 0) is 26.7 Å². The molecule has 0 saturated heterocycles. The molecule has 24 heavy (non-hydrogen) atoms. The number of hydrogen-bond acceptors (Lipinski definition) is 4. The minimum absolute atomic E-state index is 0.130. The summed E-state index contributed by atoms with van der Waals surface area (Å²) in [5.41, 5.74) is 0. The summed E-state index contributed by atoms with van der Waals surface area (Å²) < 4.78 is 16.1. The fraction of sp³-hybridized carbons (Fsp3) is 0.947. The third-order valence-corrected chi connectivity index (χ3v) is 4.39. The molecule has 0 amide bonds. The van der Waals surface area contributed by atoms with Crippen LogP contribution in [0, 0.1) is 0 Å². The van der Waals surface area contributed by atoms with E-state index in [2.05, 4.69) is 15.9 Å². The molecule has 0 radical (unpaired) electrons. The molecule has 0 aliphatic heterocycles. The molecule has 0 saturated carbocycles. The third-order valence-electron chi connectivity index (χ3n) is 3.83. The van der Waals surface area contributed by atoms with E-state index in [9.17, 15) is 4.79 Å². The molecule has 144 valence electrons. The fourth-order valence-electron chi connectivity index (χ4n) is 2.46. The summed E-state index contributed by atoms with van der Waals surface area (Å²) in [5.74, 6) is -0.130. The second kappa shape index (κ2) is 19.2. The maximum atomic E-state index is 11.9. The molecule has 0 aromatic rings. The van der Waals surface area contributed by atoms with Gasteiger partial charge in [0, 0.05) is 25.0 Å². The number of carbonyl (C=O) groups excluding carboxylic acids is 1. The van der Waals surface area contributed by atoms with E-state index in [1.807, 2.05) is 13.8 Å². The van der Waals surface area contributed by atoms with Gasteiger partial charge in [0.05, 0.1) is 13.2 Å². The lowest BCUT2D eigenvalue weighted by Crippen LogP contribution is -2.28. The van der Waals surface area contributed by atoms with E-state index in [1.54, 1.807) is 0 Å². The third kappa shape index (κ3) is 16.7. The van der Waals surface area contributed by atoms with Crippen molar-refractivity contribution in [3.05, 3.63) is 0 Å². The van der Waals surface area contributed by atoms with Crippen LogP contribution in [0.25, 0.3) is 0 Å². The first-order valence-electron chi connectivity index (χ1n) is 9.65. The van der Waals surface area contributed by atoms with Crippen LogP contribution in [0.1, 0.15) is 78.1 Å². The van der Waals surface area contributed by atoms with Crippen molar-refractivity contribution >= 4 is 21.9 Å². The molecule has 0 unspecified atom stereocenters. The highest BCUT2D eigenvalue weighted by molar-refractivity contribution is 9.09. The Morgan fingerprint density at radius 2 is 1.25 bits per heavy atom. The molecule has 0 atom stereocenters. The van der Waals surface area contributed by atoms with Crippen LogP contribution in [0.5, 0.6) is 0 Å². The summed E-state index contributed by atoms with van der Waals surface area (Å²) in [6.45, 7) is 5.93. The lowest BCUT2D eigenvalue weighted by atomic mass is 10.1. The predicted octanol–water partition coefficient (Wildman–Crippen LogP) is 5.27. The van der Waals surface area contributed by atoms with Crippen LogP contribution in [-0.4, -0.2) is 43.8 Å². The van der Waals surface area contributed by atoms with Crippen LogP contribution in [0.3, 0.4) is 0 Å². The number of carbonyl (C=O) groups is 1. The Labute approximate surface area is 157 Å². The van der Waals surface area contributed by atoms with Gasteiger partial charge in [0.1, 0.15) is 6.10 Å². The van der Waals surface area contributed by atoms with E-state index < -0.39 is 0 Å². The molecule has 0 N–H and O–H groups in total. The Hall–Kier alpha value is -0.130. The van der Waals surface area contributed by atoms with Gasteiger partial charge in [0.2, 0.25) is 0 Å². The molecule has 0 aliphatic rings. The summed E-state index contributed by atoms with van der Waals surface area (Å²) in [5, 5.41) is 1.12. The molecule has 0 aromatic carbocycles. The lowest BCUT2D eigenvalue weighted by Gasteiger charge is -2.17. The summed E-state index contributed by atoms with van der Waals surface area (Å²) in [7, 11) is 0. The van der Waals surface area contributed by atoms with Crippen molar-refractivity contribution in [2.24, 2.45) is 0 Å². The number of esters is 1. The first-order valence-corrected chi connectivity index (χ1v) is 10.8. The first kappa shape index (κ1) is 23.9. The standard InChI is InChI=1S/C19H37BrO4/c1-3-22-16-18(17-23-4-2)24-19(21)14-12-10-8-6-5-7-9-11-13-15-20/h18H,3-17H2,1-2H3. The molecule has 0 aliphatic carbocycles. The number of ether oxygens (including phenoxy) is 3. The van der Waals surface area contributed by atoms with E-state index in [0.29, 0.717) is 32.8 Å². The van der Waals surface area contributed by atoms with Gasteiger partial charge in [-0.2, -0.15) is 0 Å². The second-order valence-corrected chi connectivity index (χ2v) is 6.84. The van der Waals surface area contributed by atoms with E-state index in [4.69, 9.17) is 14.2 Å². The van der Waals surface area contributed by atoms with Gasteiger partial charge >= 0.3 is 5.97 Å². The van der Waals surface area contributed by atoms with Gasteiger partial charge in [-0.3, -0.25) is 4.79 Å². The average molecular weight is 409 g/mol. The summed E-state index contributed by atoms with van der Waals surface area (Å²) in [6, 6.07) is 0. The highest BCUT2D eigenvalue weighted by Crippen LogP contribution is 2.11. The van der Waals surface area contributed by atoms with E-state index in [1.165, 1.54) is 44.9 Å². The van der Waals surface area contributed by atoms with Crippen LogP contribution < -0.4 is 0 Å². The fourth-order valence-corrected chi connectivity index (χ4v) is 2.86. The Morgan fingerprint density at radius 3 is 1.71 bits per heavy atom. The lowest BCUT2D eigenvalue weighted by molar-refractivity contribution is -0.156. The maximum absolute atomic E-state index is 11.9. The van der Waals surface area contributed by atoms with Crippen molar-refractivity contribution in [1.82, 2.24) is 0 Å². The van der Waals surface area contributed by atoms with E-state index in [0.717, 1.165) is 18.2 Å². The topological polar surface area (TPSA) is 44.8 Å². The molecule has 0 aromatic heterocycles. The number of hydrogen-bond donors (Lipinski definition) is 0.